The van der Waals surface area contributed by atoms with Gasteiger partial charge in [0.1, 0.15) is 6.54 Å². The van der Waals surface area contributed by atoms with Crippen molar-refractivity contribution in [3.05, 3.63) is 42.0 Å². The lowest BCUT2D eigenvalue weighted by molar-refractivity contribution is -0.903. The van der Waals surface area contributed by atoms with E-state index in [0.717, 1.165) is 11.0 Å². The fraction of sp³-hybridized carbons (Fsp3) is 0.529. The molecule has 0 aliphatic heterocycles. The molecular formula is C17H28N+. The first-order valence-corrected chi connectivity index (χ1v) is 7.11. The highest BCUT2D eigenvalue weighted by atomic mass is 15.3. The van der Waals surface area contributed by atoms with Crippen LogP contribution < -0.4 is 0 Å². The Labute approximate surface area is 113 Å². The summed E-state index contributed by atoms with van der Waals surface area (Å²) in [5, 5.41) is 0. The molecule has 0 atom stereocenters. The van der Waals surface area contributed by atoms with Crippen molar-refractivity contribution in [1.82, 2.24) is 0 Å². The second-order valence-electron chi connectivity index (χ2n) is 5.82. The molecule has 100 valence electrons. The first kappa shape index (κ1) is 15.0. The third kappa shape index (κ3) is 5.50. The quantitative estimate of drug-likeness (QED) is 0.468. The highest BCUT2D eigenvalue weighted by Crippen LogP contribution is 2.13. The van der Waals surface area contributed by atoms with Crippen LogP contribution in [0.5, 0.6) is 0 Å². The van der Waals surface area contributed by atoms with E-state index in [1.165, 1.54) is 43.4 Å². The first-order chi connectivity index (χ1) is 8.57. The fourth-order valence-corrected chi connectivity index (χ4v) is 2.30. The molecule has 1 aromatic rings. The zero-order chi connectivity index (χ0) is 13.4. The zero-order valence-electron chi connectivity index (χ0n) is 12.3. The molecule has 1 rings (SSSR count). The van der Waals surface area contributed by atoms with E-state index in [9.17, 15) is 0 Å². The number of rotatable bonds is 8. The van der Waals surface area contributed by atoms with Gasteiger partial charge in [-0.2, -0.15) is 0 Å². The maximum atomic E-state index is 3.79. The number of hydrogen-bond donors (Lipinski definition) is 0. The van der Waals surface area contributed by atoms with Crippen LogP contribution in [-0.2, 0) is 6.54 Å². The van der Waals surface area contributed by atoms with Gasteiger partial charge in [-0.25, -0.2) is 0 Å². The van der Waals surface area contributed by atoms with E-state index in [-0.39, 0.29) is 0 Å². The minimum Gasteiger partial charge on any atom is -0.325 e. The molecule has 0 bridgehead atoms. The molecule has 0 spiro atoms. The SMILES string of the molecule is C=Cc1ccc(C[N+](C)(C)CCCCCC)cc1. The lowest BCUT2D eigenvalue weighted by Gasteiger charge is -2.30. The van der Waals surface area contributed by atoms with Gasteiger partial charge in [-0.05, 0) is 18.4 Å². The molecule has 1 nitrogen and oxygen atoms in total. The van der Waals surface area contributed by atoms with Crippen molar-refractivity contribution in [2.45, 2.75) is 39.2 Å². The van der Waals surface area contributed by atoms with Crippen LogP contribution in [0.4, 0.5) is 0 Å². The maximum Gasteiger partial charge on any atom is 0.104 e. The van der Waals surface area contributed by atoms with Crippen LogP contribution in [0.15, 0.2) is 30.8 Å². The Morgan fingerprint density at radius 1 is 1.06 bits per heavy atom. The number of unbranched alkanes of at least 4 members (excludes halogenated alkanes) is 3. The average Bonchev–Trinajstić information content (AvgIpc) is 2.35. The van der Waals surface area contributed by atoms with Gasteiger partial charge >= 0.3 is 0 Å². The molecule has 0 aliphatic rings. The van der Waals surface area contributed by atoms with Crippen LogP contribution in [0.2, 0.25) is 0 Å². The van der Waals surface area contributed by atoms with Gasteiger partial charge < -0.3 is 4.48 Å². The van der Waals surface area contributed by atoms with Gasteiger partial charge in [0.2, 0.25) is 0 Å². The smallest absolute Gasteiger partial charge is 0.104 e. The van der Waals surface area contributed by atoms with Crippen LogP contribution >= 0.6 is 0 Å². The fourth-order valence-electron chi connectivity index (χ4n) is 2.30. The van der Waals surface area contributed by atoms with Gasteiger partial charge in [0, 0.05) is 5.56 Å². The summed E-state index contributed by atoms with van der Waals surface area (Å²) < 4.78 is 1.08. The lowest BCUT2D eigenvalue weighted by atomic mass is 10.1. The standard InChI is InChI=1S/C17H28N/c1-5-7-8-9-14-18(3,4)15-17-12-10-16(6-2)11-13-17/h6,10-13H,2,5,7-9,14-15H2,1,3-4H3/q+1. The number of hydrogen-bond acceptors (Lipinski definition) is 0. The number of benzene rings is 1. The molecule has 0 radical (unpaired) electrons. The summed E-state index contributed by atoms with van der Waals surface area (Å²) in [6, 6.07) is 8.75. The lowest BCUT2D eigenvalue weighted by Crippen LogP contribution is -2.39. The molecule has 1 aromatic carbocycles. The second kappa shape index (κ2) is 7.38. The molecule has 0 amide bonds. The molecule has 0 saturated carbocycles. The highest BCUT2D eigenvalue weighted by molar-refractivity contribution is 5.47. The zero-order valence-corrected chi connectivity index (χ0v) is 12.3. The molecule has 0 N–H and O–H groups in total. The van der Waals surface area contributed by atoms with Crippen LogP contribution in [0, 0.1) is 0 Å². The van der Waals surface area contributed by atoms with E-state index in [2.05, 4.69) is 51.9 Å². The minimum atomic E-state index is 1.08. The van der Waals surface area contributed by atoms with Crippen LogP contribution in [0.3, 0.4) is 0 Å². The van der Waals surface area contributed by atoms with Gasteiger partial charge in [0.25, 0.3) is 0 Å². The van der Waals surface area contributed by atoms with E-state index in [4.69, 9.17) is 0 Å². The Kier molecular flexibility index (Phi) is 6.14. The average molecular weight is 246 g/mol. The van der Waals surface area contributed by atoms with Gasteiger partial charge in [-0.1, -0.05) is 56.7 Å². The molecule has 0 aromatic heterocycles. The molecule has 0 fully saturated rings. The summed E-state index contributed by atoms with van der Waals surface area (Å²) in [4.78, 5) is 0. The summed E-state index contributed by atoms with van der Waals surface area (Å²) >= 11 is 0. The highest BCUT2D eigenvalue weighted by Gasteiger charge is 2.14. The van der Waals surface area contributed by atoms with Crippen molar-refractivity contribution in [1.29, 1.82) is 0 Å². The van der Waals surface area contributed by atoms with Crippen LogP contribution in [0.1, 0.15) is 43.7 Å². The third-order valence-corrected chi connectivity index (χ3v) is 3.44. The molecule has 18 heavy (non-hydrogen) atoms. The maximum absolute atomic E-state index is 3.79. The monoisotopic (exact) mass is 246 g/mol. The van der Waals surface area contributed by atoms with Crippen molar-refractivity contribution in [2.24, 2.45) is 0 Å². The molecule has 0 saturated heterocycles. The van der Waals surface area contributed by atoms with Crippen molar-refractivity contribution in [3.8, 4) is 0 Å². The van der Waals surface area contributed by atoms with Gasteiger partial charge in [-0.3, -0.25) is 0 Å². The predicted molar refractivity (Wildman–Crippen MR) is 81.4 cm³/mol. The van der Waals surface area contributed by atoms with Gasteiger partial charge in [-0.15, -0.1) is 0 Å². The second-order valence-corrected chi connectivity index (χ2v) is 5.82. The van der Waals surface area contributed by atoms with E-state index in [0.29, 0.717) is 0 Å². The van der Waals surface area contributed by atoms with E-state index >= 15 is 0 Å². The molecule has 1 heteroatoms. The molecular weight excluding hydrogens is 218 g/mol. The Morgan fingerprint density at radius 3 is 2.28 bits per heavy atom. The normalized spacial score (nSPS) is 11.5. The van der Waals surface area contributed by atoms with Crippen molar-refractivity contribution < 1.29 is 4.48 Å². The van der Waals surface area contributed by atoms with Gasteiger partial charge in [0.05, 0.1) is 20.6 Å². The molecule has 0 aliphatic carbocycles. The van der Waals surface area contributed by atoms with Crippen LogP contribution in [-0.4, -0.2) is 25.1 Å². The summed E-state index contributed by atoms with van der Waals surface area (Å²) in [5.41, 5.74) is 2.62. The van der Waals surface area contributed by atoms with E-state index < -0.39 is 0 Å². The summed E-state index contributed by atoms with van der Waals surface area (Å²) in [6.07, 6.45) is 7.29. The Hall–Kier alpha value is -1.08. The largest absolute Gasteiger partial charge is 0.325 e. The summed E-state index contributed by atoms with van der Waals surface area (Å²) in [6.45, 7) is 8.44. The Bertz CT molecular complexity index is 348. The number of quaternary nitrogens is 1. The number of nitrogens with zero attached hydrogens (tertiary/aromatic N) is 1. The minimum absolute atomic E-state index is 1.08. The summed E-state index contributed by atoms with van der Waals surface area (Å²) in [5.74, 6) is 0. The van der Waals surface area contributed by atoms with Crippen molar-refractivity contribution in [3.63, 3.8) is 0 Å². The predicted octanol–water partition coefficient (Wildman–Crippen LogP) is 4.49. The van der Waals surface area contributed by atoms with Crippen molar-refractivity contribution >= 4 is 6.08 Å². The first-order valence-electron chi connectivity index (χ1n) is 7.11. The molecule has 0 heterocycles. The molecule has 0 unspecified atom stereocenters. The van der Waals surface area contributed by atoms with Crippen LogP contribution in [0.25, 0.3) is 6.08 Å². The van der Waals surface area contributed by atoms with E-state index in [1.807, 2.05) is 6.08 Å². The van der Waals surface area contributed by atoms with Crippen molar-refractivity contribution in [2.75, 3.05) is 20.6 Å². The van der Waals surface area contributed by atoms with Gasteiger partial charge in [0.15, 0.2) is 0 Å². The third-order valence-electron chi connectivity index (χ3n) is 3.44. The Morgan fingerprint density at radius 2 is 1.72 bits per heavy atom. The topological polar surface area (TPSA) is 0 Å². The summed E-state index contributed by atoms with van der Waals surface area (Å²) in [7, 11) is 4.65. The van der Waals surface area contributed by atoms with E-state index in [1.54, 1.807) is 0 Å². The Balaban J connectivity index is 2.45.